The van der Waals surface area contributed by atoms with Gasteiger partial charge in [-0.3, -0.25) is 4.79 Å². The van der Waals surface area contributed by atoms with Crippen LogP contribution in [0.4, 0.5) is 0 Å². The lowest BCUT2D eigenvalue weighted by molar-refractivity contribution is -0.130. The van der Waals surface area contributed by atoms with Gasteiger partial charge in [-0.05, 0) is 6.04 Å². The van der Waals surface area contributed by atoms with Gasteiger partial charge in [0.25, 0.3) is 5.97 Å². The van der Waals surface area contributed by atoms with Gasteiger partial charge < -0.3 is 4.43 Å². The van der Waals surface area contributed by atoms with Crippen LogP contribution in [0.1, 0.15) is 26.7 Å². The fourth-order valence-electron chi connectivity index (χ4n) is 0.608. The third-order valence-electron chi connectivity index (χ3n) is 1.23. The molecule has 0 aliphatic heterocycles. The van der Waals surface area contributed by atoms with Crippen molar-refractivity contribution < 1.29 is 9.22 Å². The molecule has 0 saturated carbocycles. The molecule has 0 rings (SSSR count). The average Bonchev–Trinajstić information content (AvgIpc) is 1.98. The Hall–Kier alpha value is -0.313. The first-order chi connectivity index (χ1) is 4.81. The SMILES string of the molecule is C[CH]C(=O)O[SiH2]CCCC. The molecule has 2 nitrogen and oxygen atoms in total. The zero-order valence-corrected chi connectivity index (χ0v) is 8.14. The molecule has 10 heavy (non-hydrogen) atoms. The maximum absolute atomic E-state index is 10.5. The number of hydrogen-bond acceptors (Lipinski definition) is 2. The first kappa shape index (κ1) is 9.69. The van der Waals surface area contributed by atoms with Gasteiger partial charge in [0.1, 0.15) is 0 Å². The van der Waals surface area contributed by atoms with Crippen LogP contribution in [0, 0.1) is 6.42 Å². The highest BCUT2D eigenvalue weighted by Crippen LogP contribution is 1.94. The topological polar surface area (TPSA) is 26.3 Å². The summed E-state index contributed by atoms with van der Waals surface area (Å²) in [6.07, 6.45) is 3.86. The van der Waals surface area contributed by atoms with Crippen LogP contribution in [0.2, 0.25) is 6.04 Å². The van der Waals surface area contributed by atoms with Gasteiger partial charge in [-0.2, -0.15) is 0 Å². The zero-order valence-electron chi connectivity index (χ0n) is 6.72. The first-order valence-electron chi connectivity index (χ1n) is 3.77. The summed E-state index contributed by atoms with van der Waals surface area (Å²) in [4.78, 5) is 10.5. The van der Waals surface area contributed by atoms with Crippen molar-refractivity contribution in [2.75, 3.05) is 0 Å². The van der Waals surface area contributed by atoms with Crippen molar-refractivity contribution >= 4 is 15.7 Å². The second kappa shape index (κ2) is 6.80. The predicted molar refractivity (Wildman–Crippen MR) is 44.3 cm³/mol. The summed E-state index contributed by atoms with van der Waals surface area (Å²) in [6.45, 7) is 3.85. The Balaban J connectivity index is 2.96. The highest BCUT2D eigenvalue weighted by molar-refractivity contribution is 6.30. The van der Waals surface area contributed by atoms with Gasteiger partial charge >= 0.3 is 0 Å². The lowest BCUT2D eigenvalue weighted by Crippen LogP contribution is -2.06. The Labute approximate surface area is 64.9 Å². The van der Waals surface area contributed by atoms with Gasteiger partial charge in [-0.1, -0.05) is 26.7 Å². The van der Waals surface area contributed by atoms with E-state index in [0.717, 1.165) is 6.04 Å². The molecule has 0 amide bonds. The molecule has 0 aliphatic rings. The number of carbonyl (C=O) groups excluding carboxylic acids is 1. The molecule has 0 bridgehead atoms. The van der Waals surface area contributed by atoms with Crippen LogP contribution in [0.3, 0.4) is 0 Å². The van der Waals surface area contributed by atoms with Crippen molar-refractivity contribution in [2.45, 2.75) is 32.7 Å². The fourth-order valence-corrected chi connectivity index (χ4v) is 1.82. The van der Waals surface area contributed by atoms with Crippen LogP contribution >= 0.6 is 0 Å². The van der Waals surface area contributed by atoms with Crippen molar-refractivity contribution in [3.05, 3.63) is 6.42 Å². The summed E-state index contributed by atoms with van der Waals surface area (Å²) < 4.78 is 4.94. The Morgan fingerprint density at radius 2 is 2.40 bits per heavy atom. The molecule has 3 heteroatoms. The molecule has 0 aromatic rings. The lowest BCUT2D eigenvalue weighted by Gasteiger charge is -2.00. The highest BCUT2D eigenvalue weighted by atomic mass is 28.2. The summed E-state index contributed by atoms with van der Waals surface area (Å²) in [7, 11) is -0.539. The molecule has 0 unspecified atom stereocenters. The van der Waals surface area contributed by atoms with Gasteiger partial charge in [0.05, 0.1) is 6.42 Å². The van der Waals surface area contributed by atoms with E-state index in [9.17, 15) is 4.79 Å². The molecule has 0 aliphatic carbocycles. The Morgan fingerprint density at radius 1 is 1.70 bits per heavy atom. The van der Waals surface area contributed by atoms with E-state index in [1.54, 1.807) is 6.92 Å². The largest absolute Gasteiger partial charge is 0.525 e. The van der Waals surface area contributed by atoms with Crippen molar-refractivity contribution in [1.82, 2.24) is 0 Å². The van der Waals surface area contributed by atoms with Crippen LogP contribution in [0.25, 0.3) is 0 Å². The molecule has 59 valence electrons. The maximum atomic E-state index is 10.5. The zero-order chi connectivity index (χ0) is 7.82. The molecule has 1 radical (unpaired) electrons. The van der Waals surface area contributed by atoms with E-state index in [4.69, 9.17) is 4.43 Å². The van der Waals surface area contributed by atoms with E-state index < -0.39 is 9.76 Å². The Kier molecular flexibility index (Phi) is 6.59. The van der Waals surface area contributed by atoms with Crippen LogP contribution in [0.15, 0.2) is 0 Å². The van der Waals surface area contributed by atoms with E-state index in [-0.39, 0.29) is 5.97 Å². The van der Waals surface area contributed by atoms with Gasteiger partial charge in [0.15, 0.2) is 0 Å². The van der Waals surface area contributed by atoms with E-state index in [1.165, 1.54) is 19.3 Å². The van der Waals surface area contributed by atoms with Crippen molar-refractivity contribution in [1.29, 1.82) is 0 Å². The predicted octanol–water partition coefficient (Wildman–Crippen LogP) is 1.06. The number of unbranched alkanes of at least 4 members (excludes halogenated alkanes) is 1. The van der Waals surface area contributed by atoms with Crippen LogP contribution < -0.4 is 0 Å². The summed E-state index contributed by atoms with van der Waals surface area (Å²) in [6, 6.07) is 1.12. The van der Waals surface area contributed by atoms with Crippen molar-refractivity contribution in [3.8, 4) is 0 Å². The quantitative estimate of drug-likeness (QED) is 0.443. The maximum Gasteiger partial charge on any atom is 0.295 e. The third-order valence-corrected chi connectivity index (χ3v) is 2.51. The van der Waals surface area contributed by atoms with E-state index in [0.29, 0.717) is 0 Å². The van der Waals surface area contributed by atoms with Crippen molar-refractivity contribution in [2.24, 2.45) is 0 Å². The highest BCUT2D eigenvalue weighted by Gasteiger charge is 1.96. The molecule has 0 heterocycles. The number of hydrogen-bond donors (Lipinski definition) is 0. The van der Waals surface area contributed by atoms with E-state index >= 15 is 0 Å². The second-order valence-electron chi connectivity index (χ2n) is 2.16. The molecule has 0 atom stereocenters. The Bertz CT molecular complexity index is 93.6. The van der Waals surface area contributed by atoms with Crippen LogP contribution in [-0.4, -0.2) is 15.7 Å². The monoisotopic (exact) mass is 159 g/mol. The van der Waals surface area contributed by atoms with Gasteiger partial charge in [0, 0.05) is 0 Å². The molecular formula is C7H15O2Si. The molecule has 0 aromatic carbocycles. The molecule has 0 fully saturated rings. The summed E-state index contributed by atoms with van der Waals surface area (Å²) >= 11 is 0. The molecule has 0 spiro atoms. The Morgan fingerprint density at radius 3 is 2.90 bits per heavy atom. The average molecular weight is 159 g/mol. The first-order valence-corrected chi connectivity index (χ1v) is 5.35. The minimum atomic E-state index is -0.539. The second-order valence-corrected chi connectivity index (χ2v) is 3.57. The number of carbonyl (C=O) groups is 1. The standard InChI is InChI=1S/C7H15O2Si/c1-3-5-6-10-9-7(8)4-2/h4H,3,5-6,10H2,1-2H3. The van der Waals surface area contributed by atoms with E-state index in [1.807, 2.05) is 0 Å². The van der Waals surface area contributed by atoms with E-state index in [2.05, 4.69) is 6.92 Å². The van der Waals surface area contributed by atoms with Gasteiger partial charge in [-0.25, -0.2) is 0 Å². The number of rotatable bonds is 5. The lowest BCUT2D eigenvalue weighted by atomic mass is 10.4. The van der Waals surface area contributed by atoms with Gasteiger partial charge in [0.2, 0.25) is 9.76 Å². The normalized spacial score (nSPS) is 10.6. The molecule has 0 N–H and O–H groups in total. The van der Waals surface area contributed by atoms with Gasteiger partial charge in [-0.15, -0.1) is 0 Å². The summed E-state index contributed by atoms with van der Waals surface area (Å²) in [5.74, 6) is -0.150. The smallest absolute Gasteiger partial charge is 0.295 e. The summed E-state index contributed by atoms with van der Waals surface area (Å²) in [5, 5.41) is 0. The van der Waals surface area contributed by atoms with Crippen LogP contribution in [-0.2, 0) is 9.22 Å². The molecular weight excluding hydrogens is 144 g/mol. The van der Waals surface area contributed by atoms with Crippen molar-refractivity contribution in [3.63, 3.8) is 0 Å². The third kappa shape index (κ3) is 5.82. The minimum absolute atomic E-state index is 0.150. The van der Waals surface area contributed by atoms with Crippen LogP contribution in [0.5, 0.6) is 0 Å². The fraction of sp³-hybridized carbons (Fsp3) is 0.714. The molecule has 0 saturated heterocycles. The summed E-state index contributed by atoms with van der Waals surface area (Å²) in [5.41, 5.74) is 0. The molecule has 0 aromatic heterocycles. The minimum Gasteiger partial charge on any atom is -0.525 e.